The minimum atomic E-state index is -0.0588. The van der Waals surface area contributed by atoms with Crippen LogP contribution in [0.2, 0.25) is 0 Å². The Morgan fingerprint density at radius 1 is 1.59 bits per heavy atom. The third-order valence-corrected chi connectivity index (χ3v) is 3.45. The van der Waals surface area contributed by atoms with Gasteiger partial charge in [0.2, 0.25) is 0 Å². The molecule has 0 spiro atoms. The number of hydrogen-bond donors (Lipinski definition) is 1. The molecule has 5 heteroatoms. The first-order valence-electron chi connectivity index (χ1n) is 5.81. The van der Waals surface area contributed by atoms with Crippen molar-refractivity contribution in [2.24, 2.45) is 11.1 Å². The van der Waals surface area contributed by atoms with E-state index in [0.717, 1.165) is 5.01 Å². The van der Waals surface area contributed by atoms with Gasteiger partial charge in [-0.25, -0.2) is 4.98 Å². The topological polar surface area (TPSA) is 59.2 Å². The lowest BCUT2D eigenvalue weighted by Crippen LogP contribution is -2.42. The average Bonchev–Trinajstić information content (AvgIpc) is 2.72. The highest BCUT2D eigenvalue weighted by Gasteiger charge is 2.24. The number of aromatic nitrogens is 1. The predicted octanol–water partition coefficient (Wildman–Crippen LogP) is 1.90. The maximum atomic E-state index is 12.2. The van der Waals surface area contributed by atoms with Crippen LogP contribution in [0.1, 0.15) is 36.3 Å². The Morgan fingerprint density at radius 3 is 2.65 bits per heavy atom. The van der Waals surface area contributed by atoms with Gasteiger partial charge in [-0.1, -0.05) is 13.8 Å². The molecule has 0 aromatic carbocycles. The molecule has 2 N–H and O–H groups in total. The predicted molar refractivity (Wildman–Crippen MR) is 71.3 cm³/mol. The maximum Gasteiger partial charge on any atom is 0.273 e. The third-order valence-electron chi connectivity index (χ3n) is 2.68. The number of carbonyl (C=O) groups is 1. The molecule has 0 saturated heterocycles. The number of hydrogen-bond acceptors (Lipinski definition) is 4. The van der Waals surface area contributed by atoms with Crippen LogP contribution in [0.4, 0.5) is 0 Å². The standard InChI is InChI=1S/C12H21N3OS/c1-5-15(8-12(3,4)7-13)11(16)10-6-17-9(2)14-10/h6H,5,7-8,13H2,1-4H3. The number of nitrogens with two attached hydrogens (primary N) is 1. The van der Waals surface area contributed by atoms with Crippen LogP contribution < -0.4 is 5.73 Å². The van der Waals surface area contributed by atoms with Gasteiger partial charge in [0.05, 0.1) is 5.01 Å². The van der Waals surface area contributed by atoms with Gasteiger partial charge >= 0.3 is 0 Å². The number of nitrogens with zero attached hydrogens (tertiary/aromatic N) is 2. The molecule has 0 aliphatic rings. The molecule has 1 rings (SSSR count). The van der Waals surface area contributed by atoms with E-state index in [2.05, 4.69) is 18.8 Å². The van der Waals surface area contributed by atoms with Crippen molar-refractivity contribution in [2.45, 2.75) is 27.7 Å². The highest BCUT2D eigenvalue weighted by Crippen LogP contribution is 2.17. The summed E-state index contributed by atoms with van der Waals surface area (Å²) < 4.78 is 0. The molecule has 0 fully saturated rings. The highest BCUT2D eigenvalue weighted by atomic mass is 32.1. The van der Waals surface area contributed by atoms with Crippen molar-refractivity contribution >= 4 is 17.2 Å². The summed E-state index contributed by atoms with van der Waals surface area (Å²) in [5.74, 6) is -0.00150. The van der Waals surface area contributed by atoms with E-state index in [1.54, 1.807) is 4.90 Å². The van der Waals surface area contributed by atoms with Gasteiger partial charge in [0.25, 0.3) is 5.91 Å². The normalized spacial score (nSPS) is 11.6. The fraction of sp³-hybridized carbons (Fsp3) is 0.667. The largest absolute Gasteiger partial charge is 0.337 e. The van der Waals surface area contributed by atoms with E-state index in [0.29, 0.717) is 25.3 Å². The molecule has 1 aromatic rings. The Kier molecular flexibility index (Phi) is 4.65. The van der Waals surface area contributed by atoms with Crippen molar-refractivity contribution in [1.82, 2.24) is 9.88 Å². The lowest BCUT2D eigenvalue weighted by atomic mass is 9.93. The van der Waals surface area contributed by atoms with Crippen LogP contribution in [0, 0.1) is 12.3 Å². The van der Waals surface area contributed by atoms with Gasteiger partial charge in [0.1, 0.15) is 5.69 Å². The molecular formula is C12H21N3OS. The second-order valence-corrected chi connectivity index (χ2v) is 6.00. The SMILES string of the molecule is CCN(CC(C)(C)CN)C(=O)c1csc(C)n1. The van der Waals surface area contributed by atoms with Gasteiger partial charge in [-0.2, -0.15) is 0 Å². The van der Waals surface area contributed by atoms with Crippen LogP contribution in [0.25, 0.3) is 0 Å². The summed E-state index contributed by atoms with van der Waals surface area (Å²) in [6.07, 6.45) is 0. The number of rotatable bonds is 5. The van der Waals surface area contributed by atoms with Gasteiger partial charge in [-0.3, -0.25) is 4.79 Å². The molecule has 96 valence electrons. The van der Waals surface area contributed by atoms with Crippen molar-refractivity contribution in [3.63, 3.8) is 0 Å². The summed E-state index contributed by atoms with van der Waals surface area (Å²) in [5.41, 5.74) is 6.19. The first-order valence-corrected chi connectivity index (χ1v) is 6.69. The lowest BCUT2D eigenvalue weighted by molar-refractivity contribution is 0.0695. The van der Waals surface area contributed by atoms with Crippen molar-refractivity contribution < 1.29 is 4.79 Å². The molecule has 0 unspecified atom stereocenters. The van der Waals surface area contributed by atoms with Crippen molar-refractivity contribution in [3.8, 4) is 0 Å². The van der Waals surface area contributed by atoms with Gasteiger partial charge < -0.3 is 10.6 Å². The number of amides is 1. The summed E-state index contributed by atoms with van der Waals surface area (Å²) >= 11 is 1.50. The molecule has 0 aliphatic carbocycles. The first kappa shape index (κ1) is 14.1. The Labute approximate surface area is 107 Å². The first-order chi connectivity index (χ1) is 7.89. The Hall–Kier alpha value is -0.940. The van der Waals surface area contributed by atoms with E-state index in [4.69, 9.17) is 5.73 Å². The lowest BCUT2D eigenvalue weighted by Gasteiger charge is -2.30. The fourth-order valence-corrected chi connectivity index (χ4v) is 2.12. The van der Waals surface area contributed by atoms with Crippen LogP contribution in [0.3, 0.4) is 0 Å². The van der Waals surface area contributed by atoms with Gasteiger partial charge in [-0.05, 0) is 25.8 Å². The number of thiazole rings is 1. The Bertz CT molecular complexity index is 387. The second-order valence-electron chi connectivity index (χ2n) is 4.94. The summed E-state index contributed by atoms with van der Waals surface area (Å²) in [5, 5.41) is 2.73. The van der Waals surface area contributed by atoms with Gasteiger partial charge in [-0.15, -0.1) is 11.3 Å². The molecular weight excluding hydrogens is 234 g/mol. The van der Waals surface area contributed by atoms with E-state index < -0.39 is 0 Å². The quantitative estimate of drug-likeness (QED) is 0.874. The van der Waals surface area contributed by atoms with Crippen LogP contribution >= 0.6 is 11.3 Å². The molecule has 1 aromatic heterocycles. The monoisotopic (exact) mass is 255 g/mol. The van der Waals surface area contributed by atoms with Crippen molar-refractivity contribution in [2.75, 3.05) is 19.6 Å². The Morgan fingerprint density at radius 2 is 2.24 bits per heavy atom. The minimum Gasteiger partial charge on any atom is -0.337 e. The van der Waals surface area contributed by atoms with Crippen LogP contribution in [0.5, 0.6) is 0 Å². The third kappa shape index (κ3) is 3.78. The molecule has 1 amide bonds. The number of aryl methyl sites for hydroxylation is 1. The zero-order valence-electron chi connectivity index (χ0n) is 11.0. The second kappa shape index (κ2) is 5.60. The molecule has 0 saturated carbocycles. The molecule has 0 bridgehead atoms. The van der Waals surface area contributed by atoms with E-state index in [1.807, 2.05) is 19.2 Å². The van der Waals surface area contributed by atoms with E-state index >= 15 is 0 Å². The molecule has 0 atom stereocenters. The fourth-order valence-electron chi connectivity index (χ4n) is 1.53. The number of carbonyl (C=O) groups excluding carboxylic acids is 1. The summed E-state index contributed by atoms with van der Waals surface area (Å²) in [7, 11) is 0. The summed E-state index contributed by atoms with van der Waals surface area (Å²) in [6.45, 7) is 9.91. The highest BCUT2D eigenvalue weighted by molar-refractivity contribution is 7.09. The summed E-state index contributed by atoms with van der Waals surface area (Å²) in [4.78, 5) is 18.3. The zero-order valence-corrected chi connectivity index (χ0v) is 11.8. The van der Waals surface area contributed by atoms with Crippen molar-refractivity contribution in [3.05, 3.63) is 16.1 Å². The van der Waals surface area contributed by atoms with E-state index in [1.165, 1.54) is 11.3 Å². The van der Waals surface area contributed by atoms with Gasteiger partial charge in [0, 0.05) is 18.5 Å². The molecule has 0 radical (unpaired) electrons. The minimum absolute atomic E-state index is 0.00150. The molecule has 17 heavy (non-hydrogen) atoms. The van der Waals surface area contributed by atoms with E-state index in [9.17, 15) is 4.79 Å². The molecule has 0 aliphatic heterocycles. The van der Waals surface area contributed by atoms with Gasteiger partial charge in [0.15, 0.2) is 0 Å². The maximum absolute atomic E-state index is 12.2. The summed E-state index contributed by atoms with van der Waals surface area (Å²) in [6, 6.07) is 0. The molecule has 1 heterocycles. The van der Waals surface area contributed by atoms with Crippen LogP contribution in [-0.2, 0) is 0 Å². The van der Waals surface area contributed by atoms with E-state index in [-0.39, 0.29) is 11.3 Å². The van der Waals surface area contributed by atoms with Crippen molar-refractivity contribution in [1.29, 1.82) is 0 Å². The molecule has 4 nitrogen and oxygen atoms in total. The zero-order chi connectivity index (χ0) is 13.1. The average molecular weight is 255 g/mol. The smallest absolute Gasteiger partial charge is 0.273 e. The van der Waals surface area contributed by atoms with Crippen LogP contribution in [-0.4, -0.2) is 35.4 Å². The van der Waals surface area contributed by atoms with Crippen LogP contribution in [0.15, 0.2) is 5.38 Å². The Balaban J connectivity index is 2.78.